The lowest BCUT2D eigenvalue weighted by Gasteiger charge is -2.06. The zero-order valence-corrected chi connectivity index (χ0v) is 11.7. The van der Waals surface area contributed by atoms with Crippen molar-refractivity contribution in [3.63, 3.8) is 0 Å². The number of nitrogens with one attached hydrogen (secondary N) is 1. The van der Waals surface area contributed by atoms with Crippen molar-refractivity contribution in [1.29, 1.82) is 0 Å². The summed E-state index contributed by atoms with van der Waals surface area (Å²) in [6.45, 7) is 0. The van der Waals surface area contributed by atoms with E-state index in [0.717, 1.165) is 10.9 Å². The normalized spacial score (nSPS) is 28.8. The smallest absolute Gasteiger partial charge is 0.161 e. The number of fused-ring (bicyclic) bond motifs is 1. The van der Waals surface area contributed by atoms with Crippen molar-refractivity contribution in [2.45, 2.75) is 11.3 Å². The number of aliphatic imine (C=N–C) groups is 1. The predicted molar refractivity (Wildman–Crippen MR) is 76.3 cm³/mol. The van der Waals surface area contributed by atoms with E-state index >= 15 is 0 Å². The molecule has 1 fully saturated rings. The molecule has 18 heavy (non-hydrogen) atoms. The maximum atomic E-state index is 11.4. The summed E-state index contributed by atoms with van der Waals surface area (Å²) in [4.78, 5) is 4.42. The van der Waals surface area contributed by atoms with E-state index in [1.54, 1.807) is 6.07 Å². The molecule has 2 aliphatic heterocycles. The zero-order chi connectivity index (χ0) is 12.8. The van der Waals surface area contributed by atoms with Gasteiger partial charge < -0.3 is 5.32 Å². The second-order valence-electron chi connectivity index (χ2n) is 4.37. The molecule has 2 heterocycles. The molecule has 0 spiro atoms. The molecule has 4 nitrogen and oxygen atoms in total. The molecule has 0 aliphatic carbocycles. The molecular formula is C11H11ClN2O2S2. The summed E-state index contributed by atoms with van der Waals surface area (Å²) in [5.74, 6) is 0.401. The van der Waals surface area contributed by atoms with Crippen LogP contribution in [0.4, 0.5) is 5.69 Å². The van der Waals surface area contributed by atoms with Crippen LogP contribution in [0.5, 0.6) is 0 Å². The number of nitrogens with zero attached hydrogens (tertiary/aromatic N) is 1. The molecule has 0 aromatic heterocycles. The molecule has 3 rings (SSSR count). The van der Waals surface area contributed by atoms with Crippen LogP contribution in [0.15, 0.2) is 29.3 Å². The Morgan fingerprint density at radius 1 is 1.39 bits per heavy atom. The third kappa shape index (κ3) is 2.50. The van der Waals surface area contributed by atoms with Gasteiger partial charge in [0.2, 0.25) is 0 Å². The summed E-state index contributed by atoms with van der Waals surface area (Å²) in [7, 11) is -2.89. The number of thioether (sulfide) groups is 1. The Morgan fingerprint density at radius 2 is 2.22 bits per heavy atom. The quantitative estimate of drug-likeness (QED) is 0.862. The molecule has 1 aromatic rings. The van der Waals surface area contributed by atoms with E-state index in [1.807, 2.05) is 18.2 Å². The van der Waals surface area contributed by atoms with Crippen LogP contribution < -0.4 is 5.32 Å². The first kappa shape index (κ1) is 12.3. The minimum Gasteiger partial charge on any atom is -0.335 e. The summed E-state index contributed by atoms with van der Waals surface area (Å²) in [5, 5.41) is 4.68. The molecule has 0 radical (unpaired) electrons. The summed E-state index contributed by atoms with van der Waals surface area (Å²) in [6.07, 6.45) is 0. The van der Waals surface area contributed by atoms with Crippen molar-refractivity contribution >= 4 is 44.1 Å². The highest BCUT2D eigenvalue weighted by molar-refractivity contribution is 8.15. The number of halogens is 1. The Balaban J connectivity index is 1.74. The van der Waals surface area contributed by atoms with Gasteiger partial charge in [-0.15, -0.1) is 0 Å². The average Bonchev–Trinajstić information content (AvgIpc) is 2.70. The highest BCUT2D eigenvalue weighted by atomic mass is 35.5. The van der Waals surface area contributed by atoms with Crippen LogP contribution >= 0.6 is 23.4 Å². The number of hydrogen-bond acceptors (Lipinski definition) is 5. The van der Waals surface area contributed by atoms with Gasteiger partial charge in [0.1, 0.15) is 0 Å². The monoisotopic (exact) mass is 302 g/mol. The molecule has 1 aromatic carbocycles. The minimum atomic E-state index is -2.89. The first-order valence-electron chi connectivity index (χ1n) is 5.49. The Hall–Kier alpha value is -0.720. The maximum absolute atomic E-state index is 11.4. The van der Waals surface area contributed by atoms with Crippen molar-refractivity contribution in [1.82, 2.24) is 0 Å². The van der Waals surface area contributed by atoms with E-state index in [2.05, 4.69) is 10.3 Å². The van der Waals surface area contributed by atoms with E-state index in [0.29, 0.717) is 5.02 Å². The SMILES string of the molecule is O=S1(=O)C[C@H]2N=C(Nc3cccc(Cl)c3)S[C@@H]2C1. The summed E-state index contributed by atoms with van der Waals surface area (Å²) in [5.41, 5.74) is 0.872. The Kier molecular flexibility index (Phi) is 3.03. The second kappa shape index (κ2) is 4.43. The molecule has 1 N–H and O–H groups in total. The zero-order valence-electron chi connectivity index (χ0n) is 9.34. The third-order valence-corrected chi connectivity index (χ3v) is 6.27. The summed E-state index contributed by atoms with van der Waals surface area (Å²) in [6, 6.07) is 7.28. The molecule has 0 saturated carbocycles. The molecule has 2 atom stereocenters. The van der Waals surface area contributed by atoms with Crippen molar-refractivity contribution < 1.29 is 8.42 Å². The van der Waals surface area contributed by atoms with Gasteiger partial charge in [-0.1, -0.05) is 29.4 Å². The van der Waals surface area contributed by atoms with Crippen LogP contribution in [0.3, 0.4) is 0 Å². The first-order chi connectivity index (χ1) is 8.52. The van der Waals surface area contributed by atoms with Gasteiger partial charge >= 0.3 is 0 Å². The summed E-state index contributed by atoms with van der Waals surface area (Å²) < 4.78 is 22.9. The summed E-state index contributed by atoms with van der Waals surface area (Å²) >= 11 is 7.40. The fourth-order valence-electron chi connectivity index (χ4n) is 2.11. The number of sulfone groups is 1. The third-order valence-electron chi connectivity index (χ3n) is 2.89. The molecule has 0 unspecified atom stereocenters. The number of benzene rings is 1. The average molecular weight is 303 g/mol. The van der Waals surface area contributed by atoms with Gasteiger partial charge in [0, 0.05) is 16.0 Å². The molecular weight excluding hydrogens is 292 g/mol. The van der Waals surface area contributed by atoms with Gasteiger partial charge in [-0.3, -0.25) is 4.99 Å². The van der Waals surface area contributed by atoms with Gasteiger partial charge in [0.05, 0.1) is 17.5 Å². The second-order valence-corrected chi connectivity index (χ2v) is 8.19. The van der Waals surface area contributed by atoms with Gasteiger partial charge in [0.25, 0.3) is 0 Å². The lowest BCUT2D eigenvalue weighted by molar-refractivity contribution is 0.601. The number of hydrogen-bond donors (Lipinski definition) is 1. The van der Waals surface area contributed by atoms with Crippen molar-refractivity contribution in [3.05, 3.63) is 29.3 Å². The van der Waals surface area contributed by atoms with E-state index in [-0.39, 0.29) is 22.8 Å². The van der Waals surface area contributed by atoms with Crippen molar-refractivity contribution in [2.75, 3.05) is 16.8 Å². The predicted octanol–water partition coefficient (Wildman–Crippen LogP) is 2.02. The largest absolute Gasteiger partial charge is 0.335 e. The number of amidine groups is 1. The maximum Gasteiger partial charge on any atom is 0.161 e. The lowest BCUT2D eigenvalue weighted by Crippen LogP contribution is -2.13. The van der Waals surface area contributed by atoms with Crippen LogP contribution in [0, 0.1) is 0 Å². The van der Waals surface area contributed by atoms with Crippen LogP contribution in [0.1, 0.15) is 0 Å². The van der Waals surface area contributed by atoms with E-state index in [1.165, 1.54) is 11.8 Å². The Bertz CT molecular complexity index is 615. The number of anilines is 1. The van der Waals surface area contributed by atoms with Crippen molar-refractivity contribution in [3.8, 4) is 0 Å². The van der Waals surface area contributed by atoms with Gasteiger partial charge in [-0.25, -0.2) is 8.42 Å². The van der Waals surface area contributed by atoms with Crippen LogP contribution in [0.25, 0.3) is 0 Å². The van der Waals surface area contributed by atoms with Gasteiger partial charge in [-0.2, -0.15) is 0 Å². The fourth-order valence-corrected chi connectivity index (χ4v) is 5.97. The van der Waals surface area contributed by atoms with Crippen LogP contribution in [-0.4, -0.2) is 36.4 Å². The highest BCUT2D eigenvalue weighted by Crippen LogP contribution is 2.34. The molecule has 0 amide bonds. The Labute approximate surface area is 115 Å². The van der Waals surface area contributed by atoms with E-state index in [4.69, 9.17) is 11.6 Å². The molecule has 7 heteroatoms. The van der Waals surface area contributed by atoms with Crippen LogP contribution in [0.2, 0.25) is 5.02 Å². The van der Waals surface area contributed by atoms with Gasteiger partial charge in [-0.05, 0) is 18.2 Å². The Morgan fingerprint density at radius 3 is 2.94 bits per heavy atom. The highest BCUT2D eigenvalue weighted by Gasteiger charge is 2.42. The molecule has 1 saturated heterocycles. The van der Waals surface area contributed by atoms with Gasteiger partial charge in [0.15, 0.2) is 15.0 Å². The molecule has 96 valence electrons. The standard InChI is InChI=1S/C11H11ClN2O2S2/c12-7-2-1-3-8(4-7)13-11-14-9-5-18(15,16)6-10(9)17-11/h1-4,9-10H,5-6H2,(H,13,14)/t9-,10-/m1/s1. The van der Waals surface area contributed by atoms with E-state index < -0.39 is 9.84 Å². The van der Waals surface area contributed by atoms with E-state index in [9.17, 15) is 8.42 Å². The van der Waals surface area contributed by atoms with Crippen molar-refractivity contribution in [2.24, 2.45) is 4.99 Å². The fraction of sp³-hybridized carbons (Fsp3) is 0.364. The lowest BCUT2D eigenvalue weighted by atomic mass is 10.3. The van der Waals surface area contributed by atoms with Crippen LogP contribution in [-0.2, 0) is 9.84 Å². The number of rotatable bonds is 1. The molecule has 2 aliphatic rings. The minimum absolute atomic E-state index is 0.0664. The molecule has 0 bridgehead atoms. The first-order valence-corrected chi connectivity index (χ1v) is 8.57. The topological polar surface area (TPSA) is 58.5 Å².